The largest absolute Gasteiger partial charge is 0.480 e. The van der Waals surface area contributed by atoms with Crippen molar-refractivity contribution < 1.29 is 19.4 Å². The summed E-state index contributed by atoms with van der Waals surface area (Å²) in [6.07, 6.45) is 1.37. The molecule has 106 valence electrons. The van der Waals surface area contributed by atoms with Gasteiger partial charge in [0.25, 0.3) is 0 Å². The van der Waals surface area contributed by atoms with Crippen molar-refractivity contribution in [3.63, 3.8) is 0 Å². The van der Waals surface area contributed by atoms with Crippen molar-refractivity contribution in [2.45, 2.75) is 25.9 Å². The van der Waals surface area contributed by atoms with Gasteiger partial charge in [-0.3, -0.25) is 4.79 Å². The van der Waals surface area contributed by atoms with E-state index in [2.05, 4.69) is 5.32 Å². The molecule has 0 saturated carbocycles. The van der Waals surface area contributed by atoms with Gasteiger partial charge in [-0.2, -0.15) is 0 Å². The Morgan fingerprint density at radius 2 is 2.00 bits per heavy atom. The summed E-state index contributed by atoms with van der Waals surface area (Å²) in [5.41, 5.74) is 2.04. The van der Waals surface area contributed by atoms with E-state index in [1.807, 2.05) is 11.8 Å². The fourth-order valence-corrected chi connectivity index (χ4v) is 2.32. The normalized spacial score (nSPS) is 20.1. The van der Waals surface area contributed by atoms with E-state index in [0.717, 1.165) is 18.7 Å². The highest BCUT2D eigenvalue weighted by Crippen LogP contribution is 2.18. The van der Waals surface area contributed by atoms with Gasteiger partial charge in [-0.25, -0.2) is 4.79 Å². The number of nitrogens with one attached hydrogen (secondary N) is 1. The summed E-state index contributed by atoms with van der Waals surface area (Å²) in [4.78, 5) is 24.5. The molecule has 2 fully saturated rings. The van der Waals surface area contributed by atoms with Gasteiger partial charge in [0.1, 0.15) is 6.61 Å². The minimum absolute atomic E-state index is 0.0431. The fourth-order valence-electron chi connectivity index (χ4n) is 2.32. The summed E-state index contributed by atoms with van der Waals surface area (Å²) >= 11 is 0. The van der Waals surface area contributed by atoms with Gasteiger partial charge in [-0.1, -0.05) is 0 Å². The lowest BCUT2D eigenvalue weighted by Crippen LogP contribution is -2.43. The van der Waals surface area contributed by atoms with E-state index < -0.39 is 5.97 Å². The summed E-state index contributed by atoms with van der Waals surface area (Å²) in [6.45, 7) is 4.53. The molecule has 2 aliphatic heterocycles. The van der Waals surface area contributed by atoms with Crippen LogP contribution in [0, 0.1) is 0 Å². The van der Waals surface area contributed by atoms with Crippen LogP contribution >= 0.6 is 0 Å². The zero-order valence-electron chi connectivity index (χ0n) is 11.1. The monoisotopic (exact) mass is 268 g/mol. The third kappa shape index (κ3) is 3.54. The second-order valence-corrected chi connectivity index (χ2v) is 5.03. The molecule has 0 bridgehead atoms. The minimum atomic E-state index is -0.948. The lowest BCUT2D eigenvalue weighted by Gasteiger charge is -2.33. The molecule has 0 aliphatic carbocycles. The number of rotatable bonds is 4. The van der Waals surface area contributed by atoms with Crippen molar-refractivity contribution in [2.24, 2.45) is 0 Å². The quantitative estimate of drug-likeness (QED) is 0.702. The molecule has 1 amide bonds. The Labute approximate surface area is 112 Å². The summed E-state index contributed by atoms with van der Waals surface area (Å²) in [5, 5.41) is 11.7. The Balaban J connectivity index is 1.79. The Hall–Kier alpha value is -1.40. The molecule has 0 aromatic rings. The fraction of sp³-hybridized carbons (Fsp3) is 0.692. The average Bonchev–Trinajstić information content (AvgIpc) is 2.34. The van der Waals surface area contributed by atoms with Crippen LogP contribution in [0.4, 0.5) is 0 Å². The molecule has 0 unspecified atom stereocenters. The lowest BCUT2D eigenvalue weighted by atomic mass is 10.0. The number of amides is 1. The van der Waals surface area contributed by atoms with E-state index in [0.29, 0.717) is 25.9 Å². The average molecular weight is 268 g/mol. The van der Waals surface area contributed by atoms with Crippen LogP contribution < -0.4 is 5.32 Å². The number of carbonyl (C=O) groups excluding carboxylic acids is 1. The maximum atomic E-state index is 12.2. The predicted molar refractivity (Wildman–Crippen MR) is 68.8 cm³/mol. The van der Waals surface area contributed by atoms with Crippen molar-refractivity contribution in [3.05, 3.63) is 11.1 Å². The zero-order valence-corrected chi connectivity index (χ0v) is 11.1. The molecule has 0 radical (unpaired) electrons. The molecule has 19 heavy (non-hydrogen) atoms. The van der Waals surface area contributed by atoms with Crippen LogP contribution in [-0.4, -0.2) is 60.8 Å². The van der Waals surface area contributed by atoms with E-state index >= 15 is 0 Å². The number of hydrogen-bond donors (Lipinski definition) is 2. The van der Waals surface area contributed by atoms with Gasteiger partial charge in [0.05, 0.1) is 6.10 Å². The van der Waals surface area contributed by atoms with Crippen LogP contribution in [0.2, 0.25) is 0 Å². The van der Waals surface area contributed by atoms with E-state index in [-0.39, 0.29) is 18.6 Å². The van der Waals surface area contributed by atoms with Crippen molar-refractivity contribution in [1.29, 1.82) is 0 Å². The second-order valence-electron chi connectivity index (χ2n) is 5.03. The topological polar surface area (TPSA) is 78.9 Å². The lowest BCUT2D eigenvalue weighted by molar-refractivity contribution is -0.146. The van der Waals surface area contributed by atoms with Gasteiger partial charge >= 0.3 is 5.97 Å². The Morgan fingerprint density at radius 1 is 1.37 bits per heavy atom. The summed E-state index contributed by atoms with van der Waals surface area (Å²) in [7, 11) is 0. The van der Waals surface area contributed by atoms with E-state index in [1.54, 1.807) is 0 Å². The first kappa shape index (κ1) is 14.0. The van der Waals surface area contributed by atoms with Crippen LogP contribution in [0.3, 0.4) is 0 Å². The number of hydrogen-bond acceptors (Lipinski definition) is 4. The standard InChI is InChI=1S/C13H20N2O4/c1-9(10-6-14-7-10)13(18)15-4-2-11(3-5-15)19-8-12(16)17/h11,14H,2-8H2,1H3,(H,16,17). The molecule has 2 rings (SSSR count). The van der Waals surface area contributed by atoms with Crippen LogP contribution in [0.15, 0.2) is 11.1 Å². The SMILES string of the molecule is CC(C(=O)N1CCC(OCC(=O)O)CC1)=C1CNC1. The third-order valence-electron chi connectivity index (χ3n) is 3.70. The summed E-state index contributed by atoms with van der Waals surface area (Å²) < 4.78 is 5.25. The van der Waals surface area contributed by atoms with Crippen LogP contribution in [0.1, 0.15) is 19.8 Å². The number of ether oxygens (including phenoxy) is 1. The first-order chi connectivity index (χ1) is 9.08. The molecular formula is C13H20N2O4. The number of likely N-dealkylation sites (tertiary alicyclic amines) is 1. The predicted octanol–water partition coefficient (Wildman–Crippen LogP) is -0.00170. The molecule has 0 atom stereocenters. The van der Waals surface area contributed by atoms with Crippen LogP contribution in [-0.2, 0) is 14.3 Å². The third-order valence-corrected chi connectivity index (χ3v) is 3.70. The van der Waals surface area contributed by atoms with Crippen molar-refractivity contribution in [3.8, 4) is 0 Å². The van der Waals surface area contributed by atoms with Gasteiger partial charge in [-0.05, 0) is 25.3 Å². The number of aliphatic carboxylic acids is 1. The molecule has 0 aromatic heterocycles. The number of carboxylic acid groups (broad SMARTS) is 1. The summed E-state index contributed by atoms with van der Waals surface area (Å²) in [5.74, 6) is -0.843. The highest BCUT2D eigenvalue weighted by Gasteiger charge is 2.26. The van der Waals surface area contributed by atoms with Crippen molar-refractivity contribution in [2.75, 3.05) is 32.8 Å². The Bertz CT molecular complexity index is 391. The second kappa shape index (κ2) is 6.16. The van der Waals surface area contributed by atoms with Gasteiger partial charge < -0.3 is 20.1 Å². The van der Waals surface area contributed by atoms with Crippen LogP contribution in [0.25, 0.3) is 0 Å². The molecule has 2 heterocycles. The molecule has 0 spiro atoms. The van der Waals surface area contributed by atoms with Crippen LogP contribution in [0.5, 0.6) is 0 Å². The smallest absolute Gasteiger partial charge is 0.329 e. The summed E-state index contributed by atoms with van der Waals surface area (Å²) in [6, 6.07) is 0. The zero-order chi connectivity index (χ0) is 13.8. The van der Waals surface area contributed by atoms with E-state index in [4.69, 9.17) is 9.84 Å². The number of nitrogens with zero attached hydrogens (tertiary/aromatic N) is 1. The maximum Gasteiger partial charge on any atom is 0.329 e. The molecule has 6 nitrogen and oxygen atoms in total. The van der Waals surface area contributed by atoms with Crippen molar-refractivity contribution >= 4 is 11.9 Å². The Kier molecular flexibility index (Phi) is 4.55. The molecular weight excluding hydrogens is 248 g/mol. The van der Waals surface area contributed by atoms with E-state index in [1.165, 1.54) is 5.57 Å². The van der Waals surface area contributed by atoms with Gasteiger partial charge in [0, 0.05) is 31.8 Å². The highest BCUT2D eigenvalue weighted by molar-refractivity contribution is 5.94. The Morgan fingerprint density at radius 3 is 2.47 bits per heavy atom. The molecule has 2 aliphatic rings. The number of carbonyl (C=O) groups is 2. The first-order valence-electron chi connectivity index (χ1n) is 6.60. The van der Waals surface area contributed by atoms with Crippen molar-refractivity contribution in [1.82, 2.24) is 10.2 Å². The van der Waals surface area contributed by atoms with Gasteiger partial charge in [-0.15, -0.1) is 0 Å². The molecule has 2 N–H and O–H groups in total. The highest BCUT2D eigenvalue weighted by atomic mass is 16.5. The van der Waals surface area contributed by atoms with E-state index in [9.17, 15) is 9.59 Å². The maximum absolute atomic E-state index is 12.2. The van der Waals surface area contributed by atoms with Gasteiger partial charge in [0.2, 0.25) is 5.91 Å². The molecule has 0 aromatic carbocycles. The van der Waals surface area contributed by atoms with Gasteiger partial charge in [0.15, 0.2) is 0 Å². The number of piperidine rings is 1. The first-order valence-corrected chi connectivity index (χ1v) is 6.60. The minimum Gasteiger partial charge on any atom is -0.480 e. The number of carboxylic acids is 1. The molecule has 2 saturated heterocycles. The molecule has 6 heteroatoms.